The molecule has 0 spiro atoms. The van der Waals surface area contributed by atoms with Crippen LogP contribution in [0.15, 0.2) is 47.7 Å². The van der Waals surface area contributed by atoms with Crippen molar-refractivity contribution in [2.75, 3.05) is 19.4 Å². The zero-order valence-corrected chi connectivity index (χ0v) is 21.9. The Morgan fingerprint density at radius 1 is 1.37 bits per heavy atom. The molecule has 202 valence electrons. The third-order valence-electron chi connectivity index (χ3n) is 6.27. The van der Waals surface area contributed by atoms with Gasteiger partial charge in [-0.15, -0.1) is 0 Å². The molecule has 38 heavy (non-hydrogen) atoms. The van der Waals surface area contributed by atoms with Crippen LogP contribution in [0.25, 0.3) is 5.52 Å². The fraction of sp³-hybridized carbons (Fsp3) is 0.417. The molecule has 2 saturated heterocycles. The Hall–Kier alpha value is -3.19. The van der Waals surface area contributed by atoms with Crippen molar-refractivity contribution in [1.82, 2.24) is 14.6 Å². The number of hydrogen-bond donors (Lipinski definition) is 2. The molecular weight excluding hydrogens is 517 g/mol. The van der Waals surface area contributed by atoms with Crippen molar-refractivity contribution in [2.45, 2.75) is 50.5 Å². The molecule has 1 unspecified atom stereocenters. The number of aliphatic hydroxyl groups is 1. The zero-order valence-electron chi connectivity index (χ0n) is 21.0. The predicted molar refractivity (Wildman–Crippen MR) is 135 cm³/mol. The maximum atomic E-state index is 13.4. The van der Waals surface area contributed by atoms with E-state index in [1.807, 2.05) is 0 Å². The number of nitrogens with two attached hydrogens (primary N) is 1. The van der Waals surface area contributed by atoms with Crippen LogP contribution < -0.4 is 5.73 Å². The summed E-state index contributed by atoms with van der Waals surface area (Å²) >= 11 is 0. The molecule has 2 aliphatic heterocycles. The summed E-state index contributed by atoms with van der Waals surface area (Å²) in [5, 5.41) is 15.7. The number of phosphoric ester groups is 1. The summed E-state index contributed by atoms with van der Waals surface area (Å²) < 4.78 is 43.2. The van der Waals surface area contributed by atoms with E-state index in [1.54, 1.807) is 50.2 Å². The van der Waals surface area contributed by atoms with Gasteiger partial charge in [0.2, 0.25) is 0 Å². The molecule has 5 atom stereocenters. The highest BCUT2D eigenvalue weighted by Gasteiger charge is 2.61. The molecule has 0 bridgehead atoms. The van der Waals surface area contributed by atoms with Gasteiger partial charge in [-0.25, -0.2) is 18.9 Å². The van der Waals surface area contributed by atoms with Gasteiger partial charge in [-0.3, -0.25) is 18.6 Å². The standard InChI is InChI=1S/C24H28N5O8P/c1-14(2)35-23(31)16-7-5-4-6-15(16)10-33-38(32)34-11-18-20(37-38)21(30)24(36-18,12-26-3)19-9-8-17-22(25)27-13-28-29(17)19/h4-9,12-14,18,20-21,30H,10-11H2,1-3H3,(H2,25,27,28)/b26-12-/t18-,20-,21-,24+,38?/m1/s1. The molecule has 2 aliphatic rings. The SMILES string of the molecule is C/N=C\[C@@]1(c2ccc3c(N)ncnn23)O[C@@H]2COP(=O)(OCc3ccccc3C(=O)OC(C)C)O[C@H]2[C@H]1O. The van der Waals surface area contributed by atoms with Crippen molar-refractivity contribution >= 4 is 31.3 Å². The van der Waals surface area contributed by atoms with Crippen molar-refractivity contribution in [1.29, 1.82) is 0 Å². The van der Waals surface area contributed by atoms with Crippen LogP contribution in [-0.4, -0.2) is 70.0 Å². The van der Waals surface area contributed by atoms with E-state index in [0.29, 0.717) is 16.8 Å². The number of anilines is 1. The number of rotatable bonds is 7. The van der Waals surface area contributed by atoms with Crippen molar-refractivity contribution in [3.8, 4) is 0 Å². The lowest BCUT2D eigenvalue weighted by molar-refractivity contribution is -0.0727. The number of carbonyl (C=O) groups is 1. The molecule has 0 radical (unpaired) electrons. The quantitative estimate of drug-likeness (QED) is 0.254. The number of aromatic nitrogens is 3. The van der Waals surface area contributed by atoms with Gasteiger partial charge in [0.1, 0.15) is 30.2 Å². The topological polar surface area (TPSA) is 169 Å². The molecule has 0 aliphatic carbocycles. The molecule has 0 saturated carbocycles. The molecule has 2 aromatic heterocycles. The lowest BCUT2D eigenvalue weighted by Gasteiger charge is -2.31. The van der Waals surface area contributed by atoms with Gasteiger partial charge in [-0.1, -0.05) is 18.2 Å². The first kappa shape index (κ1) is 26.4. The second-order valence-corrected chi connectivity index (χ2v) is 10.8. The molecular formula is C24H28N5O8P. The normalized spacial score (nSPS) is 29.2. The lowest BCUT2D eigenvalue weighted by atomic mass is 9.92. The number of ether oxygens (including phenoxy) is 2. The van der Waals surface area contributed by atoms with E-state index in [4.69, 9.17) is 28.8 Å². The number of carbonyl (C=O) groups excluding carboxylic acids is 1. The summed E-state index contributed by atoms with van der Waals surface area (Å²) in [6.07, 6.45) is -0.840. The molecule has 4 heterocycles. The highest BCUT2D eigenvalue weighted by molar-refractivity contribution is 7.48. The van der Waals surface area contributed by atoms with E-state index in [1.165, 1.54) is 24.1 Å². The van der Waals surface area contributed by atoms with Gasteiger partial charge in [0, 0.05) is 13.3 Å². The van der Waals surface area contributed by atoms with E-state index in [0.717, 1.165) is 0 Å². The minimum Gasteiger partial charge on any atom is -0.459 e. The molecule has 13 nitrogen and oxygen atoms in total. The smallest absolute Gasteiger partial charge is 0.459 e. The fourth-order valence-electron chi connectivity index (χ4n) is 4.60. The Balaban J connectivity index is 1.38. The van der Waals surface area contributed by atoms with Crippen LogP contribution in [0.2, 0.25) is 0 Å². The molecule has 5 rings (SSSR count). The summed E-state index contributed by atoms with van der Waals surface area (Å²) in [6, 6.07) is 10.0. The first-order chi connectivity index (χ1) is 18.2. The number of fused-ring (bicyclic) bond motifs is 2. The fourth-order valence-corrected chi connectivity index (χ4v) is 5.97. The maximum Gasteiger partial charge on any atom is 0.475 e. The number of nitrogens with zero attached hydrogens (tertiary/aromatic N) is 4. The molecule has 14 heteroatoms. The predicted octanol–water partition coefficient (Wildman–Crippen LogP) is 2.27. The van der Waals surface area contributed by atoms with Crippen LogP contribution >= 0.6 is 7.82 Å². The highest BCUT2D eigenvalue weighted by Crippen LogP contribution is 2.58. The zero-order chi connectivity index (χ0) is 27.1. The van der Waals surface area contributed by atoms with Gasteiger partial charge in [0.05, 0.1) is 30.6 Å². The van der Waals surface area contributed by atoms with Crippen molar-refractivity contribution in [2.24, 2.45) is 4.99 Å². The Bertz CT molecular complexity index is 1430. The molecule has 0 amide bonds. The van der Waals surface area contributed by atoms with Crippen LogP contribution in [-0.2, 0) is 39.8 Å². The van der Waals surface area contributed by atoms with Gasteiger partial charge < -0.3 is 20.3 Å². The van der Waals surface area contributed by atoms with Crippen LogP contribution in [0, 0.1) is 0 Å². The summed E-state index contributed by atoms with van der Waals surface area (Å²) in [6.45, 7) is 3.05. The minimum atomic E-state index is -4.16. The number of aliphatic imine (C=N–C) groups is 1. The van der Waals surface area contributed by atoms with Gasteiger partial charge >= 0.3 is 13.8 Å². The van der Waals surface area contributed by atoms with Gasteiger partial charge in [-0.2, -0.15) is 5.10 Å². The minimum absolute atomic E-state index is 0.185. The van der Waals surface area contributed by atoms with Crippen molar-refractivity contribution < 1.29 is 37.5 Å². The Morgan fingerprint density at radius 2 is 2.16 bits per heavy atom. The largest absolute Gasteiger partial charge is 0.475 e. The maximum absolute atomic E-state index is 13.4. The monoisotopic (exact) mass is 545 g/mol. The van der Waals surface area contributed by atoms with E-state index < -0.39 is 37.7 Å². The summed E-state index contributed by atoms with van der Waals surface area (Å²) in [5.74, 6) is -0.287. The summed E-state index contributed by atoms with van der Waals surface area (Å²) in [7, 11) is -2.63. The van der Waals surface area contributed by atoms with Crippen molar-refractivity contribution in [3.63, 3.8) is 0 Å². The van der Waals surface area contributed by atoms with Crippen LogP contribution in [0.4, 0.5) is 5.82 Å². The third-order valence-corrected chi connectivity index (χ3v) is 7.68. The van der Waals surface area contributed by atoms with Gasteiger partial charge in [-0.05, 0) is 37.6 Å². The Kier molecular flexibility index (Phi) is 7.07. The van der Waals surface area contributed by atoms with E-state index in [2.05, 4.69) is 15.1 Å². The number of benzene rings is 1. The van der Waals surface area contributed by atoms with Crippen LogP contribution in [0.1, 0.15) is 35.5 Å². The number of phosphoric acid groups is 1. The highest BCUT2D eigenvalue weighted by atomic mass is 31.2. The van der Waals surface area contributed by atoms with E-state index in [-0.39, 0.29) is 30.7 Å². The van der Waals surface area contributed by atoms with Crippen LogP contribution in [0.3, 0.4) is 0 Å². The number of hydrogen-bond acceptors (Lipinski definition) is 12. The Labute approximate surface area is 218 Å². The average molecular weight is 545 g/mol. The average Bonchev–Trinajstić information content (AvgIpc) is 3.44. The molecule has 3 aromatic rings. The number of esters is 1. The number of aliphatic hydroxyl groups excluding tert-OH is 1. The first-order valence-electron chi connectivity index (χ1n) is 11.9. The van der Waals surface area contributed by atoms with Crippen molar-refractivity contribution in [3.05, 3.63) is 59.5 Å². The Morgan fingerprint density at radius 3 is 2.92 bits per heavy atom. The number of nitrogen functional groups attached to an aromatic ring is 1. The molecule has 1 aromatic carbocycles. The van der Waals surface area contributed by atoms with Gasteiger partial charge in [0.25, 0.3) is 0 Å². The summed E-state index contributed by atoms with van der Waals surface area (Å²) in [4.78, 5) is 20.6. The molecule has 2 fully saturated rings. The lowest BCUT2D eigenvalue weighted by Crippen LogP contribution is -2.44. The third kappa shape index (κ3) is 4.62. The van der Waals surface area contributed by atoms with E-state index in [9.17, 15) is 14.5 Å². The van der Waals surface area contributed by atoms with Gasteiger partial charge in [0.15, 0.2) is 11.4 Å². The first-order valence-corrected chi connectivity index (χ1v) is 13.4. The molecule has 3 N–H and O–H groups in total. The summed E-state index contributed by atoms with van der Waals surface area (Å²) in [5.41, 5.74) is 6.10. The van der Waals surface area contributed by atoms with Crippen LogP contribution in [0.5, 0.6) is 0 Å². The van der Waals surface area contributed by atoms with E-state index >= 15 is 0 Å². The second-order valence-electron chi connectivity index (χ2n) is 9.14. The second kappa shape index (κ2) is 10.2.